The van der Waals surface area contributed by atoms with Crippen LogP contribution in [0.2, 0.25) is 5.02 Å². The number of thiocarbonyl (C=S) groups is 1. The van der Waals surface area contributed by atoms with Gasteiger partial charge in [0.25, 0.3) is 0 Å². The number of benzene rings is 1. The van der Waals surface area contributed by atoms with Gasteiger partial charge in [0.2, 0.25) is 0 Å². The molecule has 0 radical (unpaired) electrons. The van der Waals surface area contributed by atoms with Crippen LogP contribution in [0, 0.1) is 0 Å². The molecule has 0 atom stereocenters. The number of thiophene rings is 1. The van der Waals surface area contributed by atoms with Crippen LogP contribution >= 0.6 is 35.2 Å². The zero-order valence-electron chi connectivity index (χ0n) is 13.9. The number of rotatable bonds is 4. The lowest BCUT2D eigenvalue weighted by molar-refractivity contribution is 0.0601. The second-order valence-corrected chi connectivity index (χ2v) is 7.79. The molecule has 25 heavy (non-hydrogen) atoms. The van der Waals surface area contributed by atoms with Crippen molar-refractivity contribution in [2.24, 2.45) is 0 Å². The predicted molar refractivity (Wildman–Crippen MR) is 107 cm³/mol. The van der Waals surface area contributed by atoms with E-state index in [4.69, 9.17) is 28.6 Å². The molecular formula is C18H19ClN2O2S2. The van der Waals surface area contributed by atoms with Crippen molar-refractivity contribution in [2.45, 2.75) is 32.2 Å². The zero-order chi connectivity index (χ0) is 17.8. The minimum Gasteiger partial charge on any atom is -0.465 e. The van der Waals surface area contributed by atoms with E-state index in [-0.39, 0.29) is 5.97 Å². The number of carbonyl (C=O) groups is 1. The summed E-state index contributed by atoms with van der Waals surface area (Å²) in [6.45, 7) is 0.561. The van der Waals surface area contributed by atoms with Crippen LogP contribution in [0.1, 0.15) is 39.2 Å². The smallest absolute Gasteiger partial charge is 0.341 e. The van der Waals surface area contributed by atoms with E-state index in [2.05, 4.69) is 10.6 Å². The highest BCUT2D eigenvalue weighted by molar-refractivity contribution is 7.80. The van der Waals surface area contributed by atoms with Gasteiger partial charge in [-0.05, 0) is 61.2 Å². The molecule has 0 bridgehead atoms. The van der Waals surface area contributed by atoms with Crippen molar-refractivity contribution in [2.75, 3.05) is 12.4 Å². The Bertz CT molecular complexity index is 804. The monoisotopic (exact) mass is 394 g/mol. The maximum Gasteiger partial charge on any atom is 0.341 e. The lowest BCUT2D eigenvalue weighted by Gasteiger charge is -2.12. The predicted octanol–water partition coefficient (Wildman–Crippen LogP) is 4.55. The van der Waals surface area contributed by atoms with Crippen molar-refractivity contribution in [1.82, 2.24) is 5.32 Å². The standard InChI is InChI=1S/C18H19ClN2O2S2/c1-23-17(22)15-13-7-2-3-8-14(13)25-16(15)21-18(24)20-10-11-5-4-6-12(19)9-11/h4-6,9H,2-3,7-8,10H2,1H3,(H2,20,21,24). The Kier molecular flexibility index (Phi) is 5.93. The number of ether oxygens (including phenoxy) is 1. The first-order valence-electron chi connectivity index (χ1n) is 8.10. The number of fused-ring (bicyclic) bond motifs is 1. The lowest BCUT2D eigenvalue weighted by Crippen LogP contribution is -2.28. The molecule has 1 aliphatic carbocycles. The van der Waals surface area contributed by atoms with E-state index < -0.39 is 0 Å². The van der Waals surface area contributed by atoms with Gasteiger partial charge in [0.05, 0.1) is 12.7 Å². The van der Waals surface area contributed by atoms with Crippen LogP contribution in [0.25, 0.3) is 0 Å². The number of carbonyl (C=O) groups excluding carboxylic acids is 1. The summed E-state index contributed by atoms with van der Waals surface area (Å²) in [5.74, 6) is -0.306. The van der Waals surface area contributed by atoms with Gasteiger partial charge >= 0.3 is 5.97 Å². The van der Waals surface area contributed by atoms with Gasteiger partial charge in [-0.3, -0.25) is 0 Å². The molecule has 0 saturated carbocycles. The molecule has 1 aliphatic rings. The second kappa shape index (κ2) is 8.17. The van der Waals surface area contributed by atoms with Crippen LogP contribution in [0.4, 0.5) is 5.00 Å². The summed E-state index contributed by atoms with van der Waals surface area (Å²) < 4.78 is 4.97. The summed E-state index contributed by atoms with van der Waals surface area (Å²) >= 11 is 13.0. The first-order valence-corrected chi connectivity index (χ1v) is 9.71. The van der Waals surface area contributed by atoms with Crippen molar-refractivity contribution in [1.29, 1.82) is 0 Å². The molecule has 0 spiro atoms. The van der Waals surface area contributed by atoms with E-state index in [9.17, 15) is 4.79 Å². The first kappa shape index (κ1) is 18.2. The SMILES string of the molecule is COC(=O)c1c(NC(=S)NCc2cccc(Cl)c2)sc2c1CCCC2. The summed E-state index contributed by atoms with van der Waals surface area (Å²) in [5.41, 5.74) is 2.78. The third-order valence-corrected chi connectivity index (χ3v) is 5.82. The number of anilines is 1. The van der Waals surface area contributed by atoms with E-state index in [0.717, 1.165) is 41.8 Å². The van der Waals surface area contributed by atoms with Gasteiger partial charge in [-0.1, -0.05) is 23.7 Å². The topological polar surface area (TPSA) is 50.4 Å². The van der Waals surface area contributed by atoms with Crippen LogP contribution in [-0.4, -0.2) is 18.2 Å². The van der Waals surface area contributed by atoms with Gasteiger partial charge < -0.3 is 15.4 Å². The molecule has 3 rings (SSSR count). The molecule has 1 aromatic carbocycles. The molecule has 0 amide bonds. The van der Waals surface area contributed by atoms with Crippen LogP contribution in [0.3, 0.4) is 0 Å². The van der Waals surface area contributed by atoms with E-state index in [1.54, 1.807) is 11.3 Å². The Morgan fingerprint density at radius 1 is 1.36 bits per heavy atom. The molecule has 0 saturated heterocycles. The van der Waals surface area contributed by atoms with Crippen molar-refractivity contribution < 1.29 is 9.53 Å². The number of hydrogen-bond acceptors (Lipinski definition) is 4. The maximum atomic E-state index is 12.2. The van der Waals surface area contributed by atoms with Gasteiger partial charge in [-0.2, -0.15) is 0 Å². The van der Waals surface area contributed by atoms with Crippen LogP contribution in [-0.2, 0) is 24.1 Å². The number of esters is 1. The summed E-state index contributed by atoms with van der Waals surface area (Å²) in [4.78, 5) is 13.5. The molecular weight excluding hydrogens is 376 g/mol. The van der Waals surface area contributed by atoms with Crippen molar-refractivity contribution >= 4 is 51.2 Å². The molecule has 132 valence electrons. The number of methoxy groups -OCH3 is 1. The van der Waals surface area contributed by atoms with Crippen molar-refractivity contribution in [3.8, 4) is 0 Å². The Labute approximate surface area is 161 Å². The van der Waals surface area contributed by atoms with E-state index in [1.165, 1.54) is 12.0 Å². The van der Waals surface area contributed by atoms with Crippen molar-refractivity contribution in [3.05, 3.63) is 50.9 Å². The lowest BCUT2D eigenvalue weighted by atomic mass is 9.95. The Hall–Kier alpha value is -1.63. The molecule has 0 aliphatic heterocycles. The largest absolute Gasteiger partial charge is 0.465 e. The third-order valence-electron chi connectivity index (χ3n) is 4.13. The molecule has 7 heteroatoms. The second-order valence-electron chi connectivity index (χ2n) is 5.84. The van der Waals surface area contributed by atoms with Gasteiger partial charge in [0.1, 0.15) is 5.00 Å². The summed E-state index contributed by atoms with van der Waals surface area (Å²) in [6.07, 6.45) is 4.19. The molecule has 1 aromatic heterocycles. The summed E-state index contributed by atoms with van der Waals surface area (Å²) in [5, 5.41) is 8.26. The van der Waals surface area contributed by atoms with E-state index in [1.807, 2.05) is 24.3 Å². The van der Waals surface area contributed by atoms with Crippen molar-refractivity contribution in [3.63, 3.8) is 0 Å². The molecule has 2 aromatic rings. The van der Waals surface area contributed by atoms with E-state index >= 15 is 0 Å². The Morgan fingerprint density at radius 2 is 2.16 bits per heavy atom. The molecule has 4 nitrogen and oxygen atoms in total. The molecule has 0 fully saturated rings. The summed E-state index contributed by atoms with van der Waals surface area (Å²) in [6, 6.07) is 7.60. The Balaban J connectivity index is 1.72. The normalized spacial score (nSPS) is 13.0. The van der Waals surface area contributed by atoms with E-state index in [0.29, 0.717) is 22.2 Å². The van der Waals surface area contributed by atoms with Gasteiger partial charge in [-0.15, -0.1) is 11.3 Å². The fraction of sp³-hybridized carbons (Fsp3) is 0.333. The molecule has 1 heterocycles. The quantitative estimate of drug-likeness (QED) is 0.588. The highest BCUT2D eigenvalue weighted by Crippen LogP contribution is 2.38. The Morgan fingerprint density at radius 3 is 2.92 bits per heavy atom. The number of hydrogen-bond donors (Lipinski definition) is 2. The van der Waals surface area contributed by atoms with Crippen LogP contribution in [0.15, 0.2) is 24.3 Å². The summed E-state index contributed by atoms with van der Waals surface area (Å²) in [7, 11) is 1.41. The van der Waals surface area contributed by atoms with Crippen LogP contribution in [0.5, 0.6) is 0 Å². The fourth-order valence-electron chi connectivity index (χ4n) is 2.95. The maximum absolute atomic E-state index is 12.2. The fourth-order valence-corrected chi connectivity index (χ4v) is 4.68. The minimum atomic E-state index is -0.306. The number of nitrogens with one attached hydrogen (secondary N) is 2. The number of aryl methyl sites for hydroxylation is 1. The zero-order valence-corrected chi connectivity index (χ0v) is 16.2. The number of halogens is 1. The minimum absolute atomic E-state index is 0.306. The molecule has 2 N–H and O–H groups in total. The average Bonchev–Trinajstić information content (AvgIpc) is 2.97. The first-order chi connectivity index (χ1) is 12.1. The highest BCUT2D eigenvalue weighted by atomic mass is 35.5. The van der Waals surface area contributed by atoms with Crippen LogP contribution < -0.4 is 10.6 Å². The van der Waals surface area contributed by atoms with Gasteiger partial charge in [0.15, 0.2) is 5.11 Å². The third kappa shape index (κ3) is 4.32. The van der Waals surface area contributed by atoms with Gasteiger partial charge in [-0.25, -0.2) is 4.79 Å². The van der Waals surface area contributed by atoms with Gasteiger partial charge in [0, 0.05) is 16.4 Å². The average molecular weight is 395 g/mol. The molecule has 0 unspecified atom stereocenters. The highest BCUT2D eigenvalue weighted by Gasteiger charge is 2.26.